The van der Waals surface area contributed by atoms with E-state index in [2.05, 4.69) is 28.9 Å². The predicted molar refractivity (Wildman–Crippen MR) is 79.1 cm³/mol. The van der Waals surface area contributed by atoms with Crippen LogP contribution in [0.3, 0.4) is 0 Å². The Labute approximate surface area is 114 Å². The number of hydrogen-bond acceptors (Lipinski definition) is 4. The first kappa shape index (κ1) is 13.7. The van der Waals surface area contributed by atoms with Crippen LogP contribution in [0.2, 0.25) is 0 Å². The molecule has 1 aromatic rings. The van der Waals surface area contributed by atoms with E-state index >= 15 is 0 Å². The second-order valence-electron chi connectivity index (χ2n) is 4.66. The number of anilines is 1. The minimum Gasteiger partial charge on any atom is -0.300 e. The van der Waals surface area contributed by atoms with Crippen LogP contribution in [-0.4, -0.2) is 36.1 Å². The molecular formula is C15H21N3O. The van der Waals surface area contributed by atoms with Crippen LogP contribution in [0.25, 0.3) is 0 Å². The summed E-state index contributed by atoms with van der Waals surface area (Å²) in [5.74, 6) is 0. The van der Waals surface area contributed by atoms with Gasteiger partial charge in [0.1, 0.15) is 5.54 Å². The summed E-state index contributed by atoms with van der Waals surface area (Å²) in [7, 11) is 0. The molecule has 1 heterocycles. The predicted octanol–water partition coefficient (Wildman–Crippen LogP) is 2.81. The van der Waals surface area contributed by atoms with Crippen molar-refractivity contribution in [3.05, 3.63) is 24.3 Å². The third-order valence-electron chi connectivity index (χ3n) is 3.71. The van der Waals surface area contributed by atoms with Gasteiger partial charge in [-0.05, 0) is 18.6 Å². The van der Waals surface area contributed by atoms with E-state index in [9.17, 15) is 4.79 Å². The van der Waals surface area contributed by atoms with E-state index in [0.29, 0.717) is 6.42 Å². The smallest absolute Gasteiger partial charge is 0.152 e. The zero-order chi connectivity index (χ0) is 13.9. The Balaban J connectivity index is 2.58. The largest absolute Gasteiger partial charge is 0.300 e. The molecule has 19 heavy (non-hydrogen) atoms. The van der Waals surface area contributed by atoms with Crippen molar-refractivity contribution in [2.75, 3.05) is 18.1 Å². The van der Waals surface area contributed by atoms with Gasteiger partial charge in [0.05, 0.1) is 11.4 Å². The van der Waals surface area contributed by atoms with Crippen LogP contribution in [0.1, 0.15) is 27.2 Å². The van der Waals surface area contributed by atoms with Crippen LogP contribution in [0.5, 0.6) is 0 Å². The van der Waals surface area contributed by atoms with Crippen LogP contribution in [0, 0.1) is 0 Å². The quantitative estimate of drug-likeness (QED) is 0.763. The molecule has 4 nitrogen and oxygen atoms in total. The fraction of sp³-hybridized carbons (Fsp3) is 0.467. The van der Waals surface area contributed by atoms with Gasteiger partial charge in [0.2, 0.25) is 0 Å². The first-order chi connectivity index (χ1) is 9.22. The van der Waals surface area contributed by atoms with Crippen LogP contribution >= 0.6 is 0 Å². The van der Waals surface area contributed by atoms with Crippen LogP contribution in [0.4, 0.5) is 11.4 Å². The van der Waals surface area contributed by atoms with Crippen LogP contribution < -0.4 is 5.01 Å². The summed E-state index contributed by atoms with van der Waals surface area (Å²) in [6, 6.07) is 7.96. The SMILES string of the molecule is CCN(CC)N1c2ccccc2N=CC1(C=O)CC. The average molecular weight is 259 g/mol. The summed E-state index contributed by atoms with van der Waals surface area (Å²) in [6.07, 6.45) is 3.48. The van der Waals surface area contributed by atoms with Crippen molar-refractivity contribution in [3.63, 3.8) is 0 Å². The lowest BCUT2D eigenvalue weighted by Gasteiger charge is -2.47. The van der Waals surface area contributed by atoms with Crippen molar-refractivity contribution in [2.24, 2.45) is 4.99 Å². The molecule has 1 aliphatic rings. The van der Waals surface area contributed by atoms with Crippen molar-refractivity contribution in [2.45, 2.75) is 32.7 Å². The van der Waals surface area contributed by atoms with E-state index in [0.717, 1.165) is 30.8 Å². The standard InChI is InChI=1S/C15H21N3O/c1-4-15(12-19)11-16-13-9-7-8-10-14(13)18(15)17(5-2)6-3/h7-12H,4-6H2,1-3H3. The highest BCUT2D eigenvalue weighted by Gasteiger charge is 2.40. The first-order valence-corrected chi connectivity index (χ1v) is 6.88. The molecular weight excluding hydrogens is 238 g/mol. The Hall–Kier alpha value is -1.68. The summed E-state index contributed by atoms with van der Waals surface area (Å²) in [5.41, 5.74) is 1.25. The highest BCUT2D eigenvalue weighted by atomic mass is 16.1. The van der Waals surface area contributed by atoms with Gasteiger partial charge < -0.3 is 4.79 Å². The lowest BCUT2D eigenvalue weighted by Crippen LogP contribution is -2.60. The molecule has 0 N–H and O–H groups in total. The number of carbonyl (C=O) groups is 1. The van der Waals surface area contributed by atoms with Gasteiger partial charge in [-0.3, -0.25) is 10.0 Å². The summed E-state index contributed by atoms with van der Waals surface area (Å²) in [6.45, 7) is 7.93. The zero-order valence-electron chi connectivity index (χ0n) is 11.8. The summed E-state index contributed by atoms with van der Waals surface area (Å²) in [5, 5.41) is 4.28. The van der Waals surface area contributed by atoms with Gasteiger partial charge in [-0.15, -0.1) is 0 Å². The van der Waals surface area contributed by atoms with Gasteiger partial charge in [0.25, 0.3) is 0 Å². The minimum absolute atomic E-state index is 0.666. The molecule has 0 amide bonds. The average Bonchev–Trinajstić information content (AvgIpc) is 2.49. The monoisotopic (exact) mass is 259 g/mol. The van der Waals surface area contributed by atoms with Crippen molar-refractivity contribution in [1.82, 2.24) is 5.01 Å². The molecule has 2 rings (SSSR count). The Morgan fingerprint density at radius 3 is 2.53 bits per heavy atom. The number of aldehydes is 1. The number of para-hydroxylation sites is 2. The fourth-order valence-electron chi connectivity index (χ4n) is 2.54. The van der Waals surface area contributed by atoms with E-state index in [-0.39, 0.29) is 0 Å². The molecule has 0 saturated carbocycles. The molecule has 4 heteroatoms. The molecule has 1 atom stereocenters. The lowest BCUT2D eigenvalue weighted by molar-refractivity contribution is -0.111. The highest BCUT2D eigenvalue weighted by Crippen LogP contribution is 2.38. The van der Waals surface area contributed by atoms with Gasteiger partial charge in [-0.2, -0.15) is 0 Å². The zero-order valence-corrected chi connectivity index (χ0v) is 11.8. The molecule has 0 bridgehead atoms. The first-order valence-electron chi connectivity index (χ1n) is 6.88. The van der Waals surface area contributed by atoms with E-state index < -0.39 is 5.54 Å². The maximum absolute atomic E-state index is 11.7. The molecule has 0 spiro atoms. The Morgan fingerprint density at radius 1 is 1.26 bits per heavy atom. The number of hydrogen-bond donors (Lipinski definition) is 0. The van der Waals surface area contributed by atoms with E-state index in [1.807, 2.05) is 31.2 Å². The van der Waals surface area contributed by atoms with Gasteiger partial charge in [-0.25, -0.2) is 5.01 Å². The molecule has 1 aromatic carbocycles. The van der Waals surface area contributed by atoms with Crippen molar-refractivity contribution < 1.29 is 4.79 Å². The summed E-state index contributed by atoms with van der Waals surface area (Å²) < 4.78 is 0. The Bertz CT molecular complexity index is 482. The molecule has 0 aliphatic carbocycles. The Morgan fingerprint density at radius 2 is 1.95 bits per heavy atom. The maximum Gasteiger partial charge on any atom is 0.152 e. The number of nitrogens with zero attached hydrogens (tertiary/aromatic N) is 3. The van der Waals surface area contributed by atoms with Crippen molar-refractivity contribution >= 4 is 23.9 Å². The van der Waals surface area contributed by atoms with E-state index in [4.69, 9.17) is 0 Å². The molecule has 1 aliphatic heterocycles. The lowest BCUT2D eigenvalue weighted by atomic mass is 9.95. The fourth-order valence-corrected chi connectivity index (χ4v) is 2.54. The number of fused-ring (bicyclic) bond motifs is 1. The van der Waals surface area contributed by atoms with E-state index in [1.54, 1.807) is 6.21 Å². The minimum atomic E-state index is -0.666. The molecule has 0 aromatic heterocycles. The number of carbonyl (C=O) groups excluding carboxylic acids is 1. The van der Waals surface area contributed by atoms with Gasteiger partial charge in [-0.1, -0.05) is 32.9 Å². The van der Waals surface area contributed by atoms with Crippen LogP contribution in [-0.2, 0) is 4.79 Å². The molecule has 0 radical (unpaired) electrons. The van der Waals surface area contributed by atoms with Crippen molar-refractivity contribution in [1.29, 1.82) is 0 Å². The van der Waals surface area contributed by atoms with Gasteiger partial charge >= 0.3 is 0 Å². The topological polar surface area (TPSA) is 35.9 Å². The highest BCUT2D eigenvalue weighted by molar-refractivity contribution is 6.01. The molecule has 102 valence electrons. The molecule has 0 fully saturated rings. The summed E-state index contributed by atoms with van der Waals surface area (Å²) >= 11 is 0. The molecule has 1 unspecified atom stereocenters. The second kappa shape index (κ2) is 5.53. The third kappa shape index (κ3) is 2.16. The van der Waals surface area contributed by atoms with Gasteiger partial charge in [0, 0.05) is 19.3 Å². The number of benzene rings is 1. The normalized spacial score (nSPS) is 21.6. The maximum atomic E-state index is 11.7. The number of aliphatic imine (C=N–C) groups is 1. The van der Waals surface area contributed by atoms with Gasteiger partial charge in [0.15, 0.2) is 6.29 Å². The Kier molecular flexibility index (Phi) is 4.00. The van der Waals surface area contributed by atoms with E-state index in [1.165, 1.54) is 0 Å². The second-order valence-corrected chi connectivity index (χ2v) is 4.66. The number of hydrazine groups is 1. The summed E-state index contributed by atoms with van der Waals surface area (Å²) in [4.78, 5) is 16.2. The molecule has 0 saturated heterocycles. The van der Waals surface area contributed by atoms with Crippen LogP contribution in [0.15, 0.2) is 29.3 Å². The van der Waals surface area contributed by atoms with Crippen molar-refractivity contribution in [3.8, 4) is 0 Å². The third-order valence-corrected chi connectivity index (χ3v) is 3.71. The number of rotatable bonds is 5.